The number of aromatic nitrogens is 2. The van der Waals surface area contributed by atoms with Gasteiger partial charge in [-0.3, -0.25) is 9.89 Å². The summed E-state index contributed by atoms with van der Waals surface area (Å²) in [6.45, 7) is 1.50. The topological polar surface area (TPSA) is 70.7 Å². The van der Waals surface area contributed by atoms with E-state index in [9.17, 15) is 4.79 Å². The Hall–Kier alpha value is -2.54. The molecule has 1 aliphatic heterocycles. The van der Waals surface area contributed by atoms with Gasteiger partial charge in [0.05, 0.1) is 31.5 Å². The highest BCUT2D eigenvalue weighted by Gasteiger charge is 2.34. The highest BCUT2D eigenvalue weighted by Crippen LogP contribution is 2.36. The molecule has 1 atom stereocenters. The molecule has 7 heteroatoms. The largest absolute Gasteiger partial charge is 0.493 e. The Balaban J connectivity index is 1.86. The van der Waals surface area contributed by atoms with Gasteiger partial charge in [0.2, 0.25) is 0 Å². The van der Waals surface area contributed by atoms with E-state index in [0.29, 0.717) is 23.6 Å². The van der Waals surface area contributed by atoms with Crippen LogP contribution in [0.1, 0.15) is 40.6 Å². The third-order valence-electron chi connectivity index (χ3n) is 4.63. The predicted octanol–water partition coefficient (Wildman–Crippen LogP) is 2.47. The van der Waals surface area contributed by atoms with Crippen molar-refractivity contribution in [3.63, 3.8) is 0 Å². The van der Waals surface area contributed by atoms with Crippen LogP contribution in [0.4, 0.5) is 0 Å². The summed E-state index contributed by atoms with van der Waals surface area (Å²) >= 11 is 0. The van der Waals surface area contributed by atoms with Crippen molar-refractivity contribution in [3.05, 3.63) is 41.2 Å². The number of nitrogens with zero attached hydrogens (tertiary/aromatic N) is 3. The van der Waals surface area contributed by atoms with Crippen molar-refractivity contribution in [3.8, 4) is 11.5 Å². The van der Waals surface area contributed by atoms with Crippen molar-refractivity contribution < 1.29 is 14.3 Å². The molecule has 0 saturated carbocycles. The van der Waals surface area contributed by atoms with Crippen molar-refractivity contribution in [2.24, 2.45) is 0 Å². The van der Waals surface area contributed by atoms with E-state index >= 15 is 0 Å². The van der Waals surface area contributed by atoms with Crippen molar-refractivity contribution in [1.82, 2.24) is 20.0 Å². The summed E-state index contributed by atoms with van der Waals surface area (Å²) < 4.78 is 10.8. The zero-order chi connectivity index (χ0) is 18.7. The van der Waals surface area contributed by atoms with E-state index in [0.717, 1.165) is 30.8 Å². The molecular formula is C19H26N4O3. The highest BCUT2D eigenvalue weighted by molar-refractivity contribution is 5.98. The van der Waals surface area contributed by atoms with Gasteiger partial charge in [0.1, 0.15) is 0 Å². The molecule has 140 valence electrons. The second-order valence-corrected chi connectivity index (χ2v) is 6.75. The van der Waals surface area contributed by atoms with Crippen LogP contribution in [0.3, 0.4) is 0 Å². The number of benzene rings is 1. The summed E-state index contributed by atoms with van der Waals surface area (Å²) in [4.78, 5) is 17.2. The lowest BCUT2D eigenvalue weighted by Gasteiger charge is -2.24. The summed E-state index contributed by atoms with van der Waals surface area (Å²) in [7, 11) is 7.15. The molecule has 0 radical (unpaired) electrons. The van der Waals surface area contributed by atoms with Crippen molar-refractivity contribution in [2.45, 2.75) is 25.4 Å². The van der Waals surface area contributed by atoms with Gasteiger partial charge in [-0.05, 0) is 45.1 Å². The molecule has 1 fully saturated rings. The maximum absolute atomic E-state index is 13.2. The third kappa shape index (κ3) is 3.53. The number of aromatic amines is 1. The highest BCUT2D eigenvalue weighted by atomic mass is 16.5. The van der Waals surface area contributed by atoms with Crippen LogP contribution >= 0.6 is 0 Å². The van der Waals surface area contributed by atoms with E-state index < -0.39 is 0 Å². The minimum absolute atomic E-state index is 0.0226. The summed E-state index contributed by atoms with van der Waals surface area (Å²) in [6.07, 6.45) is 1.86. The van der Waals surface area contributed by atoms with Gasteiger partial charge in [-0.2, -0.15) is 5.10 Å². The van der Waals surface area contributed by atoms with Crippen LogP contribution < -0.4 is 9.47 Å². The molecule has 1 aromatic carbocycles. The Morgan fingerprint density at radius 1 is 1.35 bits per heavy atom. The number of likely N-dealkylation sites (tertiary alicyclic amines) is 1. The number of carbonyl (C=O) groups excluding carboxylic acids is 1. The van der Waals surface area contributed by atoms with Gasteiger partial charge in [0, 0.05) is 18.8 Å². The van der Waals surface area contributed by atoms with Crippen molar-refractivity contribution >= 4 is 5.91 Å². The molecule has 2 heterocycles. The van der Waals surface area contributed by atoms with Gasteiger partial charge < -0.3 is 19.3 Å². The first-order chi connectivity index (χ1) is 12.5. The van der Waals surface area contributed by atoms with Gasteiger partial charge in [0.25, 0.3) is 5.91 Å². The number of methoxy groups -OCH3 is 2. The fourth-order valence-corrected chi connectivity index (χ4v) is 3.50. The Morgan fingerprint density at radius 2 is 2.15 bits per heavy atom. The zero-order valence-corrected chi connectivity index (χ0v) is 15.8. The molecule has 1 N–H and O–H groups in total. The van der Waals surface area contributed by atoms with Gasteiger partial charge in [-0.15, -0.1) is 0 Å². The first-order valence-electron chi connectivity index (χ1n) is 8.76. The summed E-state index contributed by atoms with van der Waals surface area (Å²) in [5.41, 5.74) is 2.47. The van der Waals surface area contributed by atoms with Crippen LogP contribution in [0, 0.1) is 0 Å². The summed E-state index contributed by atoms with van der Waals surface area (Å²) in [5.74, 6) is 0.975. The second kappa shape index (κ2) is 7.78. The van der Waals surface area contributed by atoms with Crippen LogP contribution in [0.5, 0.6) is 11.5 Å². The first-order valence-corrected chi connectivity index (χ1v) is 8.76. The quantitative estimate of drug-likeness (QED) is 0.859. The molecule has 0 aliphatic carbocycles. The van der Waals surface area contributed by atoms with Crippen molar-refractivity contribution in [1.29, 1.82) is 0 Å². The average molecular weight is 358 g/mol. The average Bonchev–Trinajstić information content (AvgIpc) is 3.28. The summed E-state index contributed by atoms with van der Waals surface area (Å²) in [6, 6.07) is 7.41. The molecule has 26 heavy (non-hydrogen) atoms. The molecule has 1 aliphatic rings. The van der Waals surface area contributed by atoms with E-state index in [4.69, 9.17) is 9.47 Å². The lowest BCUT2D eigenvalue weighted by atomic mass is 10.1. The van der Waals surface area contributed by atoms with Gasteiger partial charge in [0.15, 0.2) is 11.5 Å². The normalized spacial score (nSPS) is 17.0. The minimum atomic E-state index is -0.0552. The van der Waals surface area contributed by atoms with Crippen molar-refractivity contribution in [2.75, 3.05) is 34.9 Å². The number of rotatable bonds is 6. The number of ether oxygens (including phenoxy) is 2. The Morgan fingerprint density at radius 3 is 2.85 bits per heavy atom. The maximum Gasteiger partial charge on any atom is 0.258 e. The molecule has 0 unspecified atom stereocenters. The maximum atomic E-state index is 13.2. The lowest BCUT2D eigenvalue weighted by molar-refractivity contribution is 0.0729. The number of H-pyrrole nitrogens is 1. The molecule has 2 aromatic rings. The van der Waals surface area contributed by atoms with Crippen LogP contribution in [-0.4, -0.2) is 60.8 Å². The molecule has 0 bridgehead atoms. The molecule has 0 spiro atoms. The van der Waals surface area contributed by atoms with Crippen LogP contribution in [-0.2, 0) is 6.54 Å². The van der Waals surface area contributed by atoms with Gasteiger partial charge >= 0.3 is 0 Å². The number of carbonyl (C=O) groups is 1. The van der Waals surface area contributed by atoms with Gasteiger partial charge in [-0.1, -0.05) is 6.07 Å². The van der Waals surface area contributed by atoms with E-state index in [-0.39, 0.29) is 11.9 Å². The Kier molecular flexibility index (Phi) is 5.46. The number of nitrogens with one attached hydrogen (secondary N) is 1. The minimum Gasteiger partial charge on any atom is -0.493 e. The number of hydrogen-bond donors (Lipinski definition) is 1. The second-order valence-electron chi connectivity index (χ2n) is 6.75. The molecule has 1 saturated heterocycles. The van der Waals surface area contributed by atoms with E-state index in [1.54, 1.807) is 26.4 Å². The van der Waals surface area contributed by atoms with E-state index in [1.807, 2.05) is 25.1 Å². The third-order valence-corrected chi connectivity index (χ3v) is 4.63. The number of hydrogen-bond acceptors (Lipinski definition) is 5. The molecule has 1 aromatic heterocycles. The smallest absolute Gasteiger partial charge is 0.258 e. The van der Waals surface area contributed by atoms with Gasteiger partial charge in [-0.25, -0.2) is 0 Å². The van der Waals surface area contributed by atoms with E-state index in [2.05, 4.69) is 21.2 Å². The summed E-state index contributed by atoms with van der Waals surface area (Å²) in [5, 5.41) is 7.53. The molecule has 7 nitrogen and oxygen atoms in total. The van der Waals surface area contributed by atoms with Crippen LogP contribution in [0.25, 0.3) is 0 Å². The monoisotopic (exact) mass is 358 g/mol. The van der Waals surface area contributed by atoms with Crippen LogP contribution in [0.15, 0.2) is 24.3 Å². The Bertz CT molecular complexity index is 772. The van der Waals surface area contributed by atoms with E-state index in [1.165, 1.54) is 0 Å². The van der Waals surface area contributed by atoms with Crippen LogP contribution in [0.2, 0.25) is 0 Å². The lowest BCUT2D eigenvalue weighted by Crippen LogP contribution is -2.31. The predicted molar refractivity (Wildman–Crippen MR) is 98.5 cm³/mol. The SMILES string of the molecule is COc1cccc(C(=O)N2CCC[C@H]2c2cc(CN(C)C)[nH]n2)c1OC. The fourth-order valence-electron chi connectivity index (χ4n) is 3.50. The molecular weight excluding hydrogens is 332 g/mol. The zero-order valence-electron chi connectivity index (χ0n) is 15.8. The molecule has 3 rings (SSSR count). The standard InChI is InChI=1S/C19H26N4O3/c1-22(2)12-13-11-15(21-20-13)16-8-6-10-23(16)19(24)14-7-5-9-17(25-3)18(14)26-4/h5,7,9,11,16H,6,8,10,12H2,1-4H3,(H,20,21)/t16-/m0/s1. The molecule has 1 amide bonds. The number of para-hydroxylation sites is 1. The fraction of sp³-hybridized carbons (Fsp3) is 0.474. The number of amides is 1. The Labute approximate surface area is 153 Å². The first kappa shape index (κ1) is 18.3.